The van der Waals surface area contributed by atoms with Crippen LogP contribution in [0, 0.1) is 18.2 Å². The molecule has 3 heterocycles. The third kappa shape index (κ3) is 3.89. The van der Waals surface area contributed by atoms with Crippen molar-refractivity contribution in [1.29, 1.82) is 0 Å². The molecule has 0 saturated carbocycles. The summed E-state index contributed by atoms with van der Waals surface area (Å²) >= 11 is 6.11. The molecule has 0 radical (unpaired) electrons. The van der Waals surface area contributed by atoms with Gasteiger partial charge in [0.2, 0.25) is 0 Å². The van der Waals surface area contributed by atoms with Crippen LogP contribution in [0.5, 0.6) is 5.75 Å². The fraction of sp³-hybridized carbons (Fsp3) is 0.333. The van der Waals surface area contributed by atoms with Gasteiger partial charge in [0.05, 0.1) is 17.6 Å². The van der Waals surface area contributed by atoms with Crippen molar-refractivity contribution in [2.24, 2.45) is 0 Å². The van der Waals surface area contributed by atoms with Crippen molar-refractivity contribution in [3.05, 3.63) is 64.1 Å². The van der Waals surface area contributed by atoms with Gasteiger partial charge in [-0.2, -0.15) is 0 Å². The molecule has 7 nitrogen and oxygen atoms in total. The van der Waals surface area contributed by atoms with E-state index in [1.807, 2.05) is 6.07 Å². The molecule has 2 aliphatic heterocycles. The molecule has 1 aromatic heterocycles. The Morgan fingerprint density at radius 2 is 2.14 bits per heavy atom. The predicted molar refractivity (Wildman–Crippen MR) is 135 cm³/mol. The zero-order valence-corrected chi connectivity index (χ0v) is 20.5. The van der Waals surface area contributed by atoms with Gasteiger partial charge in [-0.1, -0.05) is 29.7 Å². The molecule has 186 valence electrons. The highest BCUT2D eigenvalue weighted by Gasteiger charge is 2.59. The Morgan fingerprint density at radius 1 is 1.33 bits per heavy atom. The van der Waals surface area contributed by atoms with Crippen LogP contribution in [0.15, 0.2) is 36.4 Å². The number of carbonyl (C=O) groups excluding carboxylic acids is 2. The van der Waals surface area contributed by atoms with Gasteiger partial charge in [-0.05, 0) is 61.7 Å². The van der Waals surface area contributed by atoms with E-state index in [2.05, 4.69) is 16.2 Å². The average molecular weight is 509 g/mol. The summed E-state index contributed by atoms with van der Waals surface area (Å²) in [4.78, 5) is 33.7. The molecule has 9 heteroatoms. The van der Waals surface area contributed by atoms with Gasteiger partial charge >= 0.3 is 6.03 Å². The highest BCUT2D eigenvalue weighted by Crippen LogP contribution is 2.48. The van der Waals surface area contributed by atoms with Crippen molar-refractivity contribution in [2.75, 3.05) is 19.6 Å². The third-order valence-electron chi connectivity index (χ3n) is 7.12. The molecule has 5 rings (SSSR count). The van der Waals surface area contributed by atoms with E-state index in [0.29, 0.717) is 31.4 Å². The van der Waals surface area contributed by atoms with Crippen LogP contribution >= 0.6 is 11.6 Å². The molecule has 2 atom stereocenters. The quantitative estimate of drug-likeness (QED) is 0.254. The van der Waals surface area contributed by atoms with Crippen LogP contribution in [0.2, 0.25) is 5.02 Å². The number of amides is 3. The lowest BCUT2D eigenvalue weighted by Crippen LogP contribution is -2.53. The fourth-order valence-corrected chi connectivity index (χ4v) is 5.66. The standard InChI is InChI=1S/C27H26ClFN4O3/c1-3-8-30-9-5-10-32-25(35)27(2)15-19-18-13-20(28)21(29)14-22(18)31-24(19)23(33(27)26(32)36)12-16-6-4-7-17(34)11-16/h1,4,6-7,11,13-14,23,30-31,34H,5,8-10,12,15H2,2H3/t23?,27-/m0/s1. The van der Waals surface area contributed by atoms with E-state index in [1.54, 1.807) is 36.1 Å². The number of phenols is 1. The molecule has 3 aromatic rings. The number of hydrogen-bond donors (Lipinski definition) is 3. The molecule has 2 aliphatic rings. The maximum absolute atomic E-state index is 14.3. The zero-order valence-electron chi connectivity index (χ0n) is 19.8. The van der Waals surface area contributed by atoms with Crippen molar-refractivity contribution >= 4 is 34.4 Å². The molecule has 1 unspecified atom stereocenters. The minimum atomic E-state index is -1.12. The Balaban J connectivity index is 1.57. The molecule has 2 aromatic carbocycles. The normalized spacial score (nSPS) is 21.1. The lowest BCUT2D eigenvalue weighted by Gasteiger charge is -2.42. The van der Waals surface area contributed by atoms with E-state index >= 15 is 0 Å². The monoisotopic (exact) mass is 508 g/mol. The van der Waals surface area contributed by atoms with Crippen LogP contribution in [-0.2, 0) is 17.6 Å². The van der Waals surface area contributed by atoms with E-state index in [9.17, 15) is 19.1 Å². The van der Waals surface area contributed by atoms with Gasteiger partial charge in [-0.15, -0.1) is 6.42 Å². The van der Waals surface area contributed by atoms with E-state index in [-0.39, 0.29) is 35.7 Å². The first kappa shape index (κ1) is 24.2. The molecule has 0 aliphatic carbocycles. The second-order valence-electron chi connectivity index (χ2n) is 9.51. The largest absolute Gasteiger partial charge is 0.508 e. The number of aromatic nitrogens is 1. The van der Waals surface area contributed by atoms with E-state index in [1.165, 1.54) is 11.0 Å². The van der Waals surface area contributed by atoms with Gasteiger partial charge in [0, 0.05) is 29.6 Å². The predicted octanol–water partition coefficient (Wildman–Crippen LogP) is 4.14. The van der Waals surface area contributed by atoms with E-state index in [4.69, 9.17) is 18.0 Å². The highest BCUT2D eigenvalue weighted by molar-refractivity contribution is 6.31. The van der Waals surface area contributed by atoms with Crippen molar-refractivity contribution in [2.45, 2.75) is 37.8 Å². The first-order chi connectivity index (χ1) is 17.2. The van der Waals surface area contributed by atoms with Crippen molar-refractivity contribution < 1.29 is 19.1 Å². The van der Waals surface area contributed by atoms with Crippen LogP contribution in [0.25, 0.3) is 10.9 Å². The van der Waals surface area contributed by atoms with Gasteiger partial charge in [0.15, 0.2) is 0 Å². The highest BCUT2D eigenvalue weighted by atomic mass is 35.5. The van der Waals surface area contributed by atoms with Gasteiger partial charge in [0.1, 0.15) is 17.1 Å². The summed E-state index contributed by atoms with van der Waals surface area (Å²) in [5.74, 6) is 1.80. The van der Waals surface area contributed by atoms with Crippen LogP contribution in [0.4, 0.5) is 9.18 Å². The number of halogens is 2. The zero-order chi connectivity index (χ0) is 25.6. The topological polar surface area (TPSA) is 88.7 Å². The summed E-state index contributed by atoms with van der Waals surface area (Å²) in [5, 5.41) is 13.8. The second kappa shape index (κ2) is 9.16. The molecule has 3 amide bonds. The summed E-state index contributed by atoms with van der Waals surface area (Å²) < 4.78 is 14.3. The average Bonchev–Trinajstić information content (AvgIpc) is 3.26. The number of H-pyrrole nitrogens is 1. The Kier molecular flexibility index (Phi) is 6.15. The SMILES string of the molecule is C#CCNCCCN1C(=O)N2C(Cc3cccc(O)c3)c3[nH]c4cc(F)c(Cl)cc4c3C[C@@]2(C)C1=O. The molecule has 1 fully saturated rings. The summed E-state index contributed by atoms with van der Waals surface area (Å²) in [7, 11) is 0. The number of carbonyl (C=O) groups is 2. The van der Waals surface area contributed by atoms with Gasteiger partial charge in [0.25, 0.3) is 5.91 Å². The fourth-order valence-electron chi connectivity index (χ4n) is 5.49. The number of fused-ring (bicyclic) bond motifs is 4. The Hall–Kier alpha value is -3.54. The Morgan fingerprint density at radius 3 is 2.89 bits per heavy atom. The number of nitrogens with zero attached hydrogens (tertiary/aromatic N) is 2. The summed E-state index contributed by atoms with van der Waals surface area (Å²) in [5.41, 5.74) is 1.83. The number of imide groups is 1. The Labute approximate surface area is 213 Å². The number of rotatable bonds is 7. The van der Waals surface area contributed by atoms with Gasteiger partial charge in [-0.25, -0.2) is 9.18 Å². The third-order valence-corrected chi connectivity index (χ3v) is 7.41. The van der Waals surface area contributed by atoms with Gasteiger partial charge in [-0.3, -0.25) is 9.69 Å². The van der Waals surface area contributed by atoms with E-state index in [0.717, 1.165) is 22.2 Å². The first-order valence-electron chi connectivity index (χ1n) is 11.8. The number of nitrogens with one attached hydrogen (secondary N) is 2. The van der Waals surface area contributed by atoms with Gasteiger partial charge < -0.3 is 20.3 Å². The number of aromatic hydroxyl groups is 1. The maximum Gasteiger partial charge on any atom is 0.328 e. The molecule has 0 bridgehead atoms. The number of benzene rings is 2. The summed E-state index contributed by atoms with van der Waals surface area (Å²) in [6, 6.07) is 8.84. The van der Waals surface area contributed by atoms with Crippen molar-refractivity contribution in [1.82, 2.24) is 20.1 Å². The number of urea groups is 1. The molecular weight excluding hydrogens is 483 g/mol. The number of phenolic OH excluding ortho intramolecular Hbond substituents is 1. The maximum atomic E-state index is 14.3. The van der Waals surface area contributed by atoms with Crippen molar-refractivity contribution in [3.8, 4) is 18.1 Å². The molecular formula is C27H26ClFN4O3. The minimum absolute atomic E-state index is 0.00339. The van der Waals surface area contributed by atoms with E-state index < -0.39 is 17.4 Å². The Bertz CT molecular complexity index is 1410. The van der Waals surface area contributed by atoms with Crippen molar-refractivity contribution in [3.63, 3.8) is 0 Å². The molecule has 1 saturated heterocycles. The lowest BCUT2D eigenvalue weighted by atomic mass is 9.81. The molecule has 3 N–H and O–H groups in total. The minimum Gasteiger partial charge on any atom is -0.508 e. The molecule has 36 heavy (non-hydrogen) atoms. The van der Waals surface area contributed by atoms with Crippen LogP contribution in [0.3, 0.4) is 0 Å². The van der Waals surface area contributed by atoms with Crippen LogP contribution in [0.1, 0.15) is 36.2 Å². The second-order valence-corrected chi connectivity index (χ2v) is 9.92. The summed E-state index contributed by atoms with van der Waals surface area (Å²) in [6.45, 7) is 3.05. The lowest BCUT2D eigenvalue weighted by molar-refractivity contribution is -0.133. The number of aromatic amines is 1. The van der Waals surface area contributed by atoms with Crippen LogP contribution in [-0.4, -0.2) is 57.0 Å². The smallest absolute Gasteiger partial charge is 0.328 e. The number of terminal acetylenes is 1. The molecule has 0 spiro atoms. The summed E-state index contributed by atoms with van der Waals surface area (Å²) in [6.07, 6.45) is 6.47. The first-order valence-corrected chi connectivity index (χ1v) is 12.2. The van der Waals surface area contributed by atoms with Crippen LogP contribution < -0.4 is 5.32 Å². The number of hydrogen-bond acceptors (Lipinski definition) is 4.